The summed E-state index contributed by atoms with van der Waals surface area (Å²) in [5.74, 6) is 2.66. The summed E-state index contributed by atoms with van der Waals surface area (Å²) < 4.78 is 1.85. The van der Waals surface area contributed by atoms with Crippen LogP contribution in [0.25, 0.3) is 0 Å². The van der Waals surface area contributed by atoms with Crippen molar-refractivity contribution in [2.24, 2.45) is 30.2 Å². The molecule has 4 bridgehead atoms. The highest BCUT2D eigenvalue weighted by Gasteiger charge is 2.54. The number of rotatable bonds is 2. The third-order valence-corrected chi connectivity index (χ3v) is 5.80. The van der Waals surface area contributed by atoms with Crippen molar-refractivity contribution in [2.75, 3.05) is 0 Å². The molecule has 4 aliphatic carbocycles. The van der Waals surface area contributed by atoms with Gasteiger partial charge in [0.2, 0.25) is 0 Å². The van der Waals surface area contributed by atoms with Crippen LogP contribution in [0.5, 0.6) is 0 Å². The molecule has 4 saturated carbocycles. The Morgan fingerprint density at radius 1 is 1.22 bits per heavy atom. The molecule has 3 heteroatoms. The molecule has 0 saturated heterocycles. The van der Waals surface area contributed by atoms with E-state index in [-0.39, 0.29) is 11.5 Å². The van der Waals surface area contributed by atoms with Gasteiger partial charge in [-0.25, -0.2) is 0 Å². The Kier molecular flexibility index (Phi) is 2.20. The third-order valence-electron chi connectivity index (χ3n) is 5.80. The zero-order valence-corrected chi connectivity index (χ0v) is 11.0. The van der Waals surface area contributed by atoms with Crippen molar-refractivity contribution in [3.8, 4) is 0 Å². The van der Waals surface area contributed by atoms with Gasteiger partial charge in [0.05, 0.1) is 5.69 Å². The van der Waals surface area contributed by atoms with E-state index in [4.69, 9.17) is 0 Å². The van der Waals surface area contributed by atoms with Crippen LogP contribution in [0.15, 0.2) is 12.3 Å². The molecule has 1 atom stereocenters. The van der Waals surface area contributed by atoms with E-state index in [1.54, 1.807) is 6.20 Å². The Morgan fingerprint density at radius 2 is 1.78 bits per heavy atom. The fourth-order valence-electron chi connectivity index (χ4n) is 5.48. The van der Waals surface area contributed by atoms with Crippen molar-refractivity contribution < 1.29 is 5.11 Å². The molecule has 0 radical (unpaired) electrons. The highest BCUT2D eigenvalue weighted by atomic mass is 16.3. The normalized spacial score (nSPS) is 43.3. The van der Waals surface area contributed by atoms with Gasteiger partial charge in [0, 0.05) is 18.7 Å². The first kappa shape index (κ1) is 11.0. The second-order valence-corrected chi connectivity index (χ2v) is 7.06. The van der Waals surface area contributed by atoms with Crippen molar-refractivity contribution in [3.05, 3.63) is 18.0 Å². The number of hydrogen-bond acceptors (Lipinski definition) is 2. The number of aliphatic hydroxyl groups is 1. The van der Waals surface area contributed by atoms with Crippen LogP contribution in [0.1, 0.15) is 50.3 Å². The van der Waals surface area contributed by atoms with Gasteiger partial charge in [0.15, 0.2) is 0 Å². The molecule has 0 amide bonds. The molecule has 1 N–H and O–H groups in total. The minimum Gasteiger partial charge on any atom is -0.386 e. The maximum Gasteiger partial charge on any atom is 0.101 e. The summed E-state index contributed by atoms with van der Waals surface area (Å²) >= 11 is 0. The molecule has 98 valence electrons. The predicted octanol–water partition coefficient (Wildman–Crippen LogP) is 2.67. The highest BCUT2D eigenvalue weighted by Crippen LogP contribution is 2.63. The largest absolute Gasteiger partial charge is 0.386 e. The fraction of sp³-hybridized carbons (Fsp3) is 0.800. The molecule has 1 heterocycles. The molecule has 4 fully saturated rings. The predicted molar refractivity (Wildman–Crippen MR) is 68.8 cm³/mol. The first-order valence-electron chi connectivity index (χ1n) is 7.32. The van der Waals surface area contributed by atoms with E-state index in [1.807, 2.05) is 17.8 Å². The summed E-state index contributed by atoms with van der Waals surface area (Å²) in [6.07, 6.45) is 9.51. The summed E-state index contributed by atoms with van der Waals surface area (Å²) in [4.78, 5) is 0. The van der Waals surface area contributed by atoms with Crippen LogP contribution < -0.4 is 0 Å². The maximum absolute atomic E-state index is 10.9. The van der Waals surface area contributed by atoms with Gasteiger partial charge >= 0.3 is 0 Å². The summed E-state index contributed by atoms with van der Waals surface area (Å²) in [5.41, 5.74) is 1.18. The Hall–Kier alpha value is -0.830. The highest BCUT2D eigenvalue weighted by molar-refractivity contribution is 5.13. The molecule has 18 heavy (non-hydrogen) atoms. The maximum atomic E-state index is 10.9. The Bertz CT molecular complexity index is 430. The zero-order valence-electron chi connectivity index (χ0n) is 11.0. The lowest BCUT2D eigenvalue weighted by Gasteiger charge is -2.58. The van der Waals surface area contributed by atoms with Crippen LogP contribution in [0.3, 0.4) is 0 Å². The Labute approximate surface area is 108 Å². The molecule has 3 nitrogen and oxygen atoms in total. The smallest absolute Gasteiger partial charge is 0.101 e. The van der Waals surface area contributed by atoms with Gasteiger partial charge in [-0.05, 0) is 62.3 Å². The standard InChI is InChI=1S/C15H22N2O/c1-17-13(2-3-16-17)14(18)15-7-10-4-11(8-15)6-12(5-10)9-15/h2-3,10-12,14,18H,4-9H2,1H3. The molecule has 5 rings (SSSR count). The van der Waals surface area contributed by atoms with E-state index in [2.05, 4.69) is 5.10 Å². The molecule has 1 aromatic heterocycles. The number of aryl methyl sites for hydroxylation is 1. The van der Waals surface area contributed by atoms with Gasteiger partial charge in [-0.1, -0.05) is 0 Å². The average molecular weight is 246 g/mol. The number of hydrogen-bond donors (Lipinski definition) is 1. The Balaban J connectivity index is 1.69. The second kappa shape index (κ2) is 3.60. The van der Waals surface area contributed by atoms with Gasteiger partial charge < -0.3 is 5.11 Å². The summed E-state index contributed by atoms with van der Waals surface area (Å²) in [5, 5.41) is 15.1. The van der Waals surface area contributed by atoms with E-state index in [9.17, 15) is 5.11 Å². The van der Waals surface area contributed by atoms with Gasteiger partial charge in [-0.2, -0.15) is 5.10 Å². The van der Waals surface area contributed by atoms with Crippen LogP contribution in [-0.4, -0.2) is 14.9 Å². The van der Waals surface area contributed by atoms with Crippen molar-refractivity contribution in [3.63, 3.8) is 0 Å². The van der Waals surface area contributed by atoms with E-state index < -0.39 is 0 Å². The number of aromatic nitrogens is 2. The molecule has 0 aromatic carbocycles. The molecule has 1 aromatic rings. The molecule has 1 unspecified atom stereocenters. The number of aliphatic hydroxyl groups excluding tert-OH is 1. The first-order chi connectivity index (χ1) is 8.66. The lowest BCUT2D eigenvalue weighted by molar-refractivity contribution is -0.124. The average Bonchev–Trinajstić information content (AvgIpc) is 2.72. The van der Waals surface area contributed by atoms with Crippen LogP contribution in [0.4, 0.5) is 0 Å². The minimum absolute atomic E-state index is 0.169. The molecule has 0 aliphatic heterocycles. The quantitative estimate of drug-likeness (QED) is 0.871. The fourth-order valence-corrected chi connectivity index (χ4v) is 5.48. The molecule has 4 aliphatic rings. The number of nitrogens with zero attached hydrogens (tertiary/aromatic N) is 2. The van der Waals surface area contributed by atoms with Crippen LogP contribution in [0.2, 0.25) is 0 Å². The van der Waals surface area contributed by atoms with Gasteiger partial charge in [0.25, 0.3) is 0 Å². The van der Waals surface area contributed by atoms with Gasteiger partial charge in [-0.3, -0.25) is 4.68 Å². The molecule has 0 spiro atoms. The van der Waals surface area contributed by atoms with Crippen molar-refractivity contribution in [1.29, 1.82) is 0 Å². The minimum atomic E-state index is -0.307. The van der Waals surface area contributed by atoms with Crippen LogP contribution in [-0.2, 0) is 7.05 Å². The molecular formula is C15H22N2O. The van der Waals surface area contributed by atoms with Crippen LogP contribution >= 0.6 is 0 Å². The lowest BCUT2D eigenvalue weighted by atomic mass is 9.48. The lowest BCUT2D eigenvalue weighted by Crippen LogP contribution is -2.49. The molecular weight excluding hydrogens is 224 g/mol. The van der Waals surface area contributed by atoms with Crippen molar-refractivity contribution in [2.45, 2.75) is 44.6 Å². The van der Waals surface area contributed by atoms with Crippen molar-refractivity contribution in [1.82, 2.24) is 9.78 Å². The van der Waals surface area contributed by atoms with Crippen molar-refractivity contribution >= 4 is 0 Å². The van der Waals surface area contributed by atoms with E-state index >= 15 is 0 Å². The zero-order chi connectivity index (χ0) is 12.3. The van der Waals surface area contributed by atoms with E-state index in [0.29, 0.717) is 0 Å². The van der Waals surface area contributed by atoms with Gasteiger partial charge in [-0.15, -0.1) is 0 Å². The summed E-state index contributed by atoms with van der Waals surface area (Å²) in [6.45, 7) is 0. The topological polar surface area (TPSA) is 38.0 Å². The summed E-state index contributed by atoms with van der Waals surface area (Å²) in [7, 11) is 1.94. The Morgan fingerprint density at radius 3 is 2.22 bits per heavy atom. The SMILES string of the molecule is Cn1nccc1C(O)C12CC3CC(CC(C3)C1)C2. The monoisotopic (exact) mass is 246 g/mol. The second-order valence-electron chi connectivity index (χ2n) is 7.06. The van der Waals surface area contributed by atoms with E-state index in [0.717, 1.165) is 23.4 Å². The summed E-state index contributed by atoms with van der Waals surface area (Å²) in [6, 6.07) is 1.99. The van der Waals surface area contributed by atoms with Crippen LogP contribution in [0, 0.1) is 23.2 Å². The third kappa shape index (κ3) is 1.43. The van der Waals surface area contributed by atoms with Gasteiger partial charge in [0.1, 0.15) is 6.10 Å². The first-order valence-corrected chi connectivity index (χ1v) is 7.32. The van der Waals surface area contributed by atoms with E-state index in [1.165, 1.54) is 38.5 Å².